The lowest BCUT2D eigenvalue weighted by molar-refractivity contribution is 0.401. The SMILES string of the molecule is Cc1ccc(OP(=O)(O)Sc2ccc(C)cc2C)c(C)c1. The lowest BCUT2D eigenvalue weighted by atomic mass is 10.1. The van der Waals surface area contributed by atoms with Crippen LogP contribution in [0.15, 0.2) is 41.3 Å². The van der Waals surface area contributed by atoms with Gasteiger partial charge in [0.2, 0.25) is 0 Å². The smallest absolute Gasteiger partial charge is 0.417 e. The van der Waals surface area contributed by atoms with Crippen molar-refractivity contribution in [3.63, 3.8) is 0 Å². The Hall–Kier alpha value is -1.22. The zero-order chi connectivity index (χ0) is 15.6. The van der Waals surface area contributed by atoms with Gasteiger partial charge in [0.25, 0.3) is 0 Å². The number of hydrogen-bond acceptors (Lipinski definition) is 3. The van der Waals surface area contributed by atoms with Crippen LogP contribution in [0.1, 0.15) is 22.3 Å². The maximum atomic E-state index is 12.3. The summed E-state index contributed by atoms with van der Waals surface area (Å²) in [4.78, 5) is 10.9. The van der Waals surface area contributed by atoms with Gasteiger partial charge in [-0.3, -0.25) is 0 Å². The van der Waals surface area contributed by atoms with Crippen molar-refractivity contribution < 1.29 is 14.0 Å². The predicted molar refractivity (Wildman–Crippen MR) is 88.1 cm³/mol. The van der Waals surface area contributed by atoms with E-state index in [4.69, 9.17) is 4.52 Å². The van der Waals surface area contributed by atoms with Gasteiger partial charge < -0.3 is 9.42 Å². The summed E-state index contributed by atoms with van der Waals surface area (Å²) in [7, 11) is 0. The molecule has 0 aromatic heterocycles. The fraction of sp³-hybridized carbons (Fsp3) is 0.250. The molecule has 0 aliphatic heterocycles. The van der Waals surface area contributed by atoms with E-state index in [2.05, 4.69) is 0 Å². The molecule has 21 heavy (non-hydrogen) atoms. The molecule has 0 radical (unpaired) electrons. The number of rotatable bonds is 4. The minimum Gasteiger partial charge on any atom is -0.417 e. The summed E-state index contributed by atoms with van der Waals surface area (Å²) in [6.45, 7) is 3.95. The van der Waals surface area contributed by atoms with E-state index in [-0.39, 0.29) is 0 Å². The first-order valence-electron chi connectivity index (χ1n) is 6.63. The average molecular weight is 322 g/mol. The van der Waals surface area contributed by atoms with Gasteiger partial charge >= 0.3 is 6.80 Å². The second-order valence-electron chi connectivity index (χ2n) is 5.19. The predicted octanol–water partition coefficient (Wildman–Crippen LogP) is 5.19. The molecule has 0 amide bonds. The second kappa shape index (κ2) is 6.27. The van der Waals surface area contributed by atoms with Crippen LogP contribution in [0.25, 0.3) is 0 Å². The molecule has 2 aromatic rings. The minimum atomic E-state index is -3.80. The molecule has 5 heteroatoms. The van der Waals surface area contributed by atoms with Crippen LogP contribution < -0.4 is 4.52 Å². The molecule has 112 valence electrons. The Morgan fingerprint density at radius 2 is 1.52 bits per heavy atom. The summed E-state index contributed by atoms with van der Waals surface area (Å²) in [5.41, 5.74) is 4.04. The highest BCUT2D eigenvalue weighted by atomic mass is 32.7. The second-order valence-corrected chi connectivity index (χ2v) is 8.86. The van der Waals surface area contributed by atoms with Crippen LogP contribution in [0, 0.1) is 27.7 Å². The van der Waals surface area contributed by atoms with E-state index in [1.54, 1.807) is 6.07 Å². The van der Waals surface area contributed by atoms with E-state index in [9.17, 15) is 9.46 Å². The van der Waals surface area contributed by atoms with Crippen LogP contribution in [-0.4, -0.2) is 4.89 Å². The van der Waals surface area contributed by atoms with E-state index >= 15 is 0 Å². The van der Waals surface area contributed by atoms with Crippen LogP contribution in [0.3, 0.4) is 0 Å². The zero-order valence-electron chi connectivity index (χ0n) is 12.6. The van der Waals surface area contributed by atoms with Crippen molar-refractivity contribution in [2.75, 3.05) is 0 Å². The first-order valence-corrected chi connectivity index (χ1v) is 9.63. The number of aryl methyl sites for hydroxylation is 4. The molecule has 0 aliphatic carbocycles. The van der Waals surface area contributed by atoms with Gasteiger partial charge in [0.05, 0.1) is 0 Å². The first-order chi connectivity index (χ1) is 9.77. The summed E-state index contributed by atoms with van der Waals surface area (Å²) in [5, 5.41) is 0. The highest BCUT2D eigenvalue weighted by molar-refractivity contribution is 8.55. The van der Waals surface area contributed by atoms with Gasteiger partial charge in [-0.15, -0.1) is 0 Å². The normalized spacial score (nSPS) is 13.8. The molecule has 3 nitrogen and oxygen atoms in total. The van der Waals surface area contributed by atoms with Gasteiger partial charge in [0, 0.05) is 16.3 Å². The van der Waals surface area contributed by atoms with Crippen LogP contribution >= 0.6 is 18.2 Å². The molecule has 0 spiro atoms. The van der Waals surface area contributed by atoms with Gasteiger partial charge in [-0.25, -0.2) is 4.57 Å². The van der Waals surface area contributed by atoms with Crippen molar-refractivity contribution in [2.45, 2.75) is 32.6 Å². The summed E-state index contributed by atoms with van der Waals surface area (Å²) in [5.74, 6) is 0.448. The van der Waals surface area contributed by atoms with E-state index in [1.165, 1.54) is 0 Å². The van der Waals surface area contributed by atoms with Crippen molar-refractivity contribution >= 4 is 18.2 Å². The fourth-order valence-corrected chi connectivity index (χ4v) is 4.85. The maximum absolute atomic E-state index is 12.3. The Bertz CT molecular complexity index is 655. The Labute approximate surface area is 129 Å². The minimum absolute atomic E-state index is 0.448. The maximum Gasteiger partial charge on any atom is 0.442 e. The topological polar surface area (TPSA) is 46.5 Å². The van der Waals surface area contributed by atoms with Crippen LogP contribution in [0.4, 0.5) is 0 Å². The molecule has 1 atom stereocenters. The molecule has 0 fully saturated rings. The molecule has 0 saturated carbocycles. The largest absolute Gasteiger partial charge is 0.442 e. The van der Waals surface area contributed by atoms with Crippen LogP contribution in [0.2, 0.25) is 0 Å². The molecule has 0 aliphatic rings. The monoisotopic (exact) mass is 322 g/mol. The Balaban J connectivity index is 2.20. The van der Waals surface area contributed by atoms with Gasteiger partial charge in [0.1, 0.15) is 5.75 Å². The average Bonchev–Trinajstić information content (AvgIpc) is 2.36. The standard InChI is InChI=1S/C16H19O3PS/c1-11-5-7-15(13(3)9-11)19-20(17,18)21-16-8-6-12(2)10-14(16)4/h5-10H,1-4H3,(H,17,18). The highest BCUT2D eigenvalue weighted by Gasteiger charge is 2.25. The fourth-order valence-electron chi connectivity index (χ4n) is 2.07. The quantitative estimate of drug-likeness (QED) is 0.787. The van der Waals surface area contributed by atoms with E-state index < -0.39 is 6.80 Å². The molecule has 1 unspecified atom stereocenters. The van der Waals surface area contributed by atoms with Crippen LogP contribution in [-0.2, 0) is 4.57 Å². The van der Waals surface area contributed by atoms with Gasteiger partial charge in [-0.1, -0.05) is 35.4 Å². The highest BCUT2D eigenvalue weighted by Crippen LogP contribution is 2.59. The summed E-state index contributed by atoms with van der Waals surface area (Å²) < 4.78 is 17.7. The molecule has 2 rings (SSSR count). The zero-order valence-corrected chi connectivity index (χ0v) is 14.3. The van der Waals surface area contributed by atoms with E-state index in [1.807, 2.05) is 58.0 Å². The van der Waals surface area contributed by atoms with Crippen molar-refractivity contribution in [2.24, 2.45) is 0 Å². The molecule has 0 heterocycles. The van der Waals surface area contributed by atoms with E-state index in [0.717, 1.165) is 38.5 Å². The Kier molecular flexibility index (Phi) is 4.82. The number of hydrogen-bond donors (Lipinski definition) is 1. The molecule has 2 aromatic carbocycles. The van der Waals surface area contributed by atoms with Crippen molar-refractivity contribution in [3.8, 4) is 5.75 Å². The molecular formula is C16H19O3PS. The third kappa shape index (κ3) is 4.37. The third-order valence-corrected chi connectivity index (χ3v) is 5.91. The molecular weight excluding hydrogens is 303 g/mol. The molecule has 0 saturated heterocycles. The van der Waals surface area contributed by atoms with Gasteiger partial charge in [-0.05, 0) is 51.0 Å². The molecule has 0 bridgehead atoms. The number of benzene rings is 2. The van der Waals surface area contributed by atoms with Crippen LogP contribution in [0.5, 0.6) is 5.75 Å². The lowest BCUT2D eigenvalue weighted by Gasteiger charge is -2.15. The Morgan fingerprint density at radius 3 is 2.10 bits per heavy atom. The first kappa shape index (κ1) is 16.2. The van der Waals surface area contributed by atoms with Gasteiger partial charge in [-0.2, -0.15) is 0 Å². The summed E-state index contributed by atoms with van der Waals surface area (Å²) in [6.07, 6.45) is 0. The van der Waals surface area contributed by atoms with E-state index in [0.29, 0.717) is 5.75 Å². The molecule has 1 N–H and O–H groups in total. The lowest BCUT2D eigenvalue weighted by Crippen LogP contribution is -1.92. The third-order valence-electron chi connectivity index (χ3n) is 3.09. The van der Waals surface area contributed by atoms with Crippen molar-refractivity contribution in [1.29, 1.82) is 0 Å². The van der Waals surface area contributed by atoms with Crippen molar-refractivity contribution in [1.82, 2.24) is 0 Å². The Morgan fingerprint density at radius 1 is 0.952 bits per heavy atom. The summed E-state index contributed by atoms with van der Waals surface area (Å²) >= 11 is 0.878. The van der Waals surface area contributed by atoms with Gasteiger partial charge in [0.15, 0.2) is 0 Å². The summed E-state index contributed by atoms with van der Waals surface area (Å²) in [6, 6.07) is 11.3. The van der Waals surface area contributed by atoms with Crippen molar-refractivity contribution in [3.05, 3.63) is 58.7 Å².